The van der Waals surface area contributed by atoms with Gasteiger partial charge in [-0.15, -0.1) is 11.3 Å². The van der Waals surface area contributed by atoms with Crippen molar-refractivity contribution in [3.8, 4) is 5.75 Å². The average molecular weight is 527 g/mol. The number of carbonyl (C=O) groups is 1. The molecule has 0 N–H and O–H groups in total. The van der Waals surface area contributed by atoms with Gasteiger partial charge in [0.15, 0.2) is 5.78 Å². The summed E-state index contributed by atoms with van der Waals surface area (Å²) in [4.78, 5) is 17.8. The van der Waals surface area contributed by atoms with Gasteiger partial charge in [-0.2, -0.15) is 0 Å². The zero-order valence-corrected chi connectivity index (χ0v) is 23.2. The van der Waals surface area contributed by atoms with E-state index in [1.54, 1.807) is 0 Å². The maximum Gasteiger partial charge on any atom is 0.163 e. The van der Waals surface area contributed by atoms with Crippen LogP contribution in [-0.4, -0.2) is 54.4 Å². The van der Waals surface area contributed by atoms with Crippen LogP contribution >= 0.6 is 11.3 Å². The summed E-state index contributed by atoms with van der Waals surface area (Å²) in [5.41, 5.74) is 2.17. The van der Waals surface area contributed by atoms with E-state index in [0.717, 1.165) is 56.6 Å². The number of thiophene rings is 1. The summed E-state index contributed by atoms with van der Waals surface area (Å²) < 4.78 is 9.08. The van der Waals surface area contributed by atoms with E-state index in [1.807, 2.05) is 35.6 Å². The second kappa shape index (κ2) is 11.6. The fraction of sp³-hybridized carbons (Fsp3) is 0.424. The van der Waals surface area contributed by atoms with Crippen LogP contribution in [0.2, 0.25) is 0 Å². The summed E-state index contributed by atoms with van der Waals surface area (Å²) in [5, 5.41) is 2.74. The van der Waals surface area contributed by atoms with Crippen molar-refractivity contribution in [2.45, 2.75) is 63.6 Å². The molecule has 5 heteroatoms. The van der Waals surface area contributed by atoms with Gasteiger partial charge >= 0.3 is 0 Å². The minimum Gasteiger partial charge on any atom is -0.490 e. The van der Waals surface area contributed by atoms with E-state index >= 15 is 0 Å². The Kier molecular flexibility index (Phi) is 7.77. The van der Waals surface area contributed by atoms with Crippen LogP contribution in [0.15, 0.2) is 66.7 Å². The fourth-order valence-corrected chi connectivity index (χ4v) is 7.32. The zero-order valence-electron chi connectivity index (χ0n) is 22.4. The number of ketones is 1. The predicted octanol–water partition coefficient (Wildman–Crippen LogP) is 7.55. The van der Waals surface area contributed by atoms with E-state index in [4.69, 9.17) is 4.74 Å². The van der Waals surface area contributed by atoms with E-state index in [0.29, 0.717) is 12.5 Å². The van der Waals surface area contributed by atoms with E-state index in [1.165, 1.54) is 45.1 Å². The van der Waals surface area contributed by atoms with Gasteiger partial charge < -0.3 is 9.64 Å². The number of likely N-dealkylation sites (tertiary alicyclic amines) is 2. The normalized spacial score (nSPS) is 19.4. The van der Waals surface area contributed by atoms with E-state index in [-0.39, 0.29) is 11.9 Å². The minimum absolute atomic E-state index is 0.206. The fourth-order valence-electron chi connectivity index (χ4n) is 6.24. The summed E-state index contributed by atoms with van der Waals surface area (Å²) in [5.74, 6) is 1.07. The van der Waals surface area contributed by atoms with Crippen LogP contribution in [0.4, 0.5) is 0 Å². The van der Waals surface area contributed by atoms with Gasteiger partial charge in [0, 0.05) is 57.8 Å². The lowest BCUT2D eigenvalue weighted by molar-refractivity contribution is 0.0949. The molecule has 3 heterocycles. The topological polar surface area (TPSA) is 32.8 Å². The van der Waals surface area contributed by atoms with Crippen molar-refractivity contribution in [3.05, 3.63) is 77.9 Å². The van der Waals surface area contributed by atoms with Gasteiger partial charge in [0.05, 0.1) is 0 Å². The van der Waals surface area contributed by atoms with Crippen molar-refractivity contribution < 1.29 is 9.53 Å². The molecule has 0 radical (unpaired) electrons. The van der Waals surface area contributed by atoms with Crippen LogP contribution in [0.1, 0.15) is 60.9 Å². The van der Waals surface area contributed by atoms with E-state index in [2.05, 4.69) is 59.3 Å². The highest BCUT2D eigenvalue weighted by Gasteiger charge is 2.22. The molecular weight excluding hydrogens is 488 g/mol. The van der Waals surface area contributed by atoms with Gasteiger partial charge in [-0.05, 0) is 88.0 Å². The Morgan fingerprint density at radius 3 is 2.61 bits per heavy atom. The first-order chi connectivity index (χ1) is 18.6. The van der Waals surface area contributed by atoms with Crippen LogP contribution in [-0.2, 0) is 6.54 Å². The molecule has 0 amide bonds. The number of benzene rings is 3. The lowest BCUT2D eigenvalue weighted by atomic mass is 10.0. The van der Waals surface area contributed by atoms with Crippen LogP contribution in [0.5, 0.6) is 5.75 Å². The van der Waals surface area contributed by atoms with Crippen LogP contribution in [0.25, 0.3) is 20.2 Å². The number of hydrogen-bond acceptors (Lipinski definition) is 5. The molecule has 2 fully saturated rings. The third kappa shape index (κ3) is 5.80. The highest BCUT2D eigenvalue weighted by Crippen LogP contribution is 2.34. The summed E-state index contributed by atoms with van der Waals surface area (Å²) in [6.45, 7) is 4.23. The standard InChI is InChI=1S/C33H38N2O2S/c1-34-18-6-9-26(34)8-5-12-31(36)25-7-4-10-28(22-25)37-27-16-19-35(20-17-27)23-24-14-15-33-30(21-24)29-11-2-3-13-32(29)38-33/h2-4,7,10-11,13-15,21-22,26-27H,5-6,8-9,12,16-20,23H2,1H3. The number of ether oxygens (including phenoxy) is 1. The molecule has 0 aliphatic carbocycles. The lowest BCUT2D eigenvalue weighted by Crippen LogP contribution is -2.37. The van der Waals surface area contributed by atoms with Crippen molar-refractivity contribution in [1.82, 2.24) is 9.80 Å². The second-order valence-corrected chi connectivity index (χ2v) is 12.2. The molecule has 2 aliphatic rings. The molecule has 2 saturated heterocycles. The quantitative estimate of drug-likeness (QED) is 0.211. The number of fused-ring (bicyclic) bond motifs is 3. The molecule has 4 aromatic rings. The molecule has 6 rings (SSSR count). The third-order valence-corrected chi connectivity index (χ3v) is 9.61. The molecule has 1 unspecified atom stereocenters. The number of piperidine rings is 1. The molecule has 198 valence electrons. The first kappa shape index (κ1) is 25.5. The Morgan fingerprint density at radius 2 is 1.76 bits per heavy atom. The first-order valence-corrected chi connectivity index (χ1v) is 15.1. The highest BCUT2D eigenvalue weighted by atomic mass is 32.1. The Bertz CT molecular complexity index is 1400. The number of hydrogen-bond donors (Lipinski definition) is 0. The van der Waals surface area contributed by atoms with Gasteiger partial charge in [0.2, 0.25) is 0 Å². The maximum absolute atomic E-state index is 12.8. The largest absolute Gasteiger partial charge is 0.490 e. The SMILES string of the molecule is CN1CCCC1CCCC(=O)c1cccc(OC2CCN(Cc3ccc4sc5ccccc5c4c3)CC2)c1. The average Bonchev–Trinajstić information content (AvgIpc) is 3.52. The van der Waals surface area contributed by atoms with Crippen molar-refractivity contribution in [1.29, 1.82) is 0 Å². The minimum atomic E-state index is 0.206. The molecule has 3 aromatic carbocycles. The number of rotatable bonds is 9. The monoisotopic (exact) mass is 526 g/mol. The predicted molar refractivity (Wildman–Crippen MR) is 159 cm³/mol. The molecule has 1 atom stereocenters. The van der Waals surface area contributed by atoms with E-state index in [9.17, 15) is 4.79 Å². The van der Waals surface area contributed by atoms with Crippen LogP contribution < -0.4 is 4.74 Å². The van der Waals surface area contributed by atoms with Crippen molar-refractivity contribution in [2.24, 2.45) is 0 Å². The van der Waals surface area contributed by atoms with Gasteiger partial charge in [-0.25, -0.2) is 0 Å². The maximum atomic E-state index is 12.8. The summed E-state index contributed by atoms with van der Waals surface area (Å²) in [6, 6.07) is 24.2. The molecule has 0 saturated carbocycles. The Labute approximate surface area is 230 Å². The molecule has 38 heavy (non-hydrogen) atoms. The third-order valence-electron chi connectivity index (χ3n) is 8.45. The van der Waals surface area contributed by atoms with Crippen LogP contribution in [0, 0.1) is 0 Å². The van der Waals surface area contributed by atoms with Gasteiger partial charge in [-0.3, -0.25) is 9.69 Å². The van der Waals surface area contributed by atoms with Crippen molar-refractivity contribution in [3.63, 3.8) is 0 Å². The van der Waals surface area contributed by atoms with Crippen LogP contribution in [0.3, 0.4) is 0 Å². The number of carbonyl (C=O) groups excluding carboxylic acids is 1. The molecule has 0 spiro atoms. The molecule has 1 aromatic heterocycles. The second-order valence-electron chi connectivity index (χ2n) is 11.1. The Hall–Kier alpha value is -2.73. The molecule has 2 aliphatic heterocycles. The zero-order chi connectivity index (χ0) is 25.9. The lowest BCUT2D eigenvalue weighted by Gasteiger charge is -2.32. The summed E-state index contributed by atoms with van der Waals surface area (Å²) in [7, 11) is 2.20. The Balaban J connectivity index is 0.994. The highest BCUT2D eigenvalue weighted by molar-refractivity contribution is 7.25. The van der Waals surface area contributed by atoms with Gasteiger partial charge in [0.25, 0.3) is 0 Å². The summed E-state index contributed by atoms with van der Waals surface area (Å²) in [6.07, 6.45) is 7.50. The first-order valence-electron chi connectivity index (χ1n) is 14.2. The summed E-state index contributed by atoms with van der Waals surface area (Å²) >= 11 is 1.88. The Morgan fingerprint density at radius 1 is 0.921 bits per heavy atom. The molecule has 4 nitrogen and oxygen atoms in total. The molecular formula is C33H38N2O2S. The van der Waals surface area contributed by atoms with Gasteiger partial charge in [-0.1, -0.05) is 36.4 Å². The van der Waals surface area contributed by atoms with E-state index < -0.39 is 0 Å². The van der Waals surface area contributed by atoms with Gasteiger partial charge in [0.1, 0.15) is 11.9 Å². The molecule has 0 bridgehead atoms. The van der Waals surface area contributed by atoms with Crippen molar-refractivity contribution in [2.75, 3.05) is 26.7 Å². The van der Waals surface area contributed by atoms with Crippen molar-refractivity contribution >= 4 is 37.3 Å². The smallest absolute Gasteiger partial charge is 0.163 e. The number of Topliss-reactive ketones (excluding diaryl/α,β-unsaturated/α-hetero) is 1. The number of nitrogens with zero attached hydrogens (tertiary/aromatic N) is 2.